The van der Waals surface area contributed by atoms with Gasteiger partial charge in [0, 0.05) is 38.4 Å². The lowest BCUT2D eigenvalue weighted by Gasteiger charge is -2.23. The van der Waals surface area contributed by atoms with Crippen molar-refractivity contribution >= 4 is 5.91 Å². The number of likely N-dealkylation sites (N-methyl/N-ethyl adjacent to an activating group) is 1. The summed E-state index contributed by atoms with van der Waals surface area (Å²) < 4.78 is 7.40. The second-order valence-electron chi connectivity index (χ2n) is 4.93. The third-order valence-corrected chi connectivity index (χ3v) is 3.47. The number of nitrogens with two attached hydrogens (primary N) is 1. The van der Waals surface area contributed by atoms with Gasteiger partial charge >= 0.3 is 0 Å². The van der Waals surface area contributed by atoms with E-state index in [0.29, 0.717) is 19.6 Å². The van der Waals surface area contributed by atoms with Crippen molar-refractivity contribution in [3.63, 3.8) is 0 Å². The minimum absolute atomic E-state index is 0.0334. The Morgan fingerprint density at radius 3 is 2.95 bits per heavy atom. The van der Waals surface area contributed by atoms with Gasteiger partial charge in [0.25, 0.3) is 5.91 Å². The largest absolute Gasteiger partial charge is 0.364 e. The van der Waals surface area contributed by atoms with Crippen LogP contribution in [0.1, 0.15) is 25.3 Å². The molecule has 1 saturated heterocycles. The Hall–Kier alpha value is -1.40. The zero-order chi connectivity index (χ0) is 13.8. The number of ether oxygens (including phenoxy) is 1. The second kappa shape index (κ2) is 6.16. The molecule has 1 aromatic rings. The number of aryl methyl sites for hydroxylation is 1. The van der Waals surface area contributed by atoms with Gasteiger partial charge < -0.3 is 15.4 Å². The normalized spacial score (nSPS) is 22.7. The van der Waals surface area contributed by atoms with E-state index in [4.69, 9.17) is 10.5 Å². The van der Waals surface area contributed by atoms with Gasteiger partial charge in [-0.25, -0.2) is 0 Å². The van der Waals surface area contributed by atoms with E-state index in [1.54, 1.807) is 15.8 Å². The molecule has 106 valence electrons. The fourth-order valence-corrected chi connectivity index (χ4v) is 2.38. The predicted octanol–water partition coefficient (Wildman–Crippen LogP) is 0.275. The highest BCUT2D eigenvalue weighted by atomic mass is 16.5. The van der Waals surface area contributed by atoms with Crippen LogP contribution in [0.5, 0.6) is 0 Å². The van der Waals surface area contributed by atoms with Crippen molar-refractivity contribution in [1.29, 1.82) is 0 Å². The van der Waals surface area contributed by atoms with Gasteiger partial charge in [0.15, 0.2) is 0 Å². The number of nitrogens with zero attached hydrogens (tertiary/aromatic N) is 3. The van der Waals surface area contributed by atoms with Crippen molar-refractivity contribution in [2.75, 3.05) is 13.1 Å². The van der Waals surface area contributed by atoms with Crippen LogP contribution in [0.3, 0.4) is 0 Å². The van der Waals surface area contributed by atoms with Crippen LogP contribution < -0.4 is 5.73 Å². The fraction of sp³-hybridized carbons (Fsp3) is 0.692. The molecular weight excluding hydrogens is 244 g/mol. The summed E-state index contributed by atoms with van der Waals surface area (Å²) in [5, 5.41) is 4.12. The molecule has 6 heteroatoms. The SMILES string of the molecule is CCN(Cc1cnn(C)c1)C(=O)[C@@H]1CC[C@H](CN)O1. The number of aromatic nitrogens is 2. The highest BCUT2D eigenvalue weighted by molar-refractivity contribution is 5.81. The van der Waals surface area contributed by atoms with E-state index < -0.39 is 0 Å². The summed E-state index contributed by atoms with van der Waals surface area (Å²) in [6, 6.07) is 0. The van der Waals surface area contributed by atoms with E-state index in [1.165, 1.54) is 0 Å². The monoisotopic (exact) mass is 266 g/mol. The molecule has 1 aliphatic heterocycles. The zero-order valence-electron chi connectivity index (χ0n) is 11.6. The van der Waals surface area contributed by atoms with Gasteiger partial charge in [-0.05, 0) is 19.8 Å². The van der Waals surface area contributed by atoms with Gasteiger partial charge in [0.1, 0.15) is 6.10 Å². The lowest BCUT2D eigenvalue weighted by Crippen LogP contribution is -2.39. The van der Waals surface area contributed by atoms with E-state index in [2.05, 4.69) is 5.10 Å². The van der Waals surface area contributed by atoms with Crippen LogP contribution in [0.15, 0.2) is 12.4 Å². The average Bonchev–Trinajstić information content (AvgIpc) is 3.04. The molecular formula is C13H22N4O2. The lowest BCUT2D eigenvalue weighted by molar-refractivity contribution is -0.143. The molecule has 2 rings (SSSR count). The number of hydrogen-bond donors (Lipinski definition) is 1. The Balaban J connectivity index is 1.95. The number of rotatable bonds is 5. The molecule has 0 saturated carbocycles. The maximum Gasteiger partial charge on any atom is 0.252 e. The summed E-state index contributed by atoms with van der Waals surface area (Å²) in [6.45, 7) is 3.71. The van der Waals surface area contributed by atoms with Crippen molar-refractivity contribution in [3.05, 3.63) is 18.0 Å². The van der Waals surface area contributed by atoms with Crippen LogP contribution in [0.2, 0.25) is 0 Å². The smallest absolute Gasteiger partial charge is 0.252 e. The summed E-state index contributed by atoms with van der Waals surface area (Å²) >= 11 is 0. The molecule has 19 heavy (non-hydrogen) atoms. The highest BCUT2D eigenvalue weighted by Gasteiger charge is 2.32. The van der Waals surface area contributed by atoms with Crippen molar-refractivity contribution in [2.45, 2.75) is 38.5 Å². The molecule has 0 spiro atoms. The Morgan fingerprint density at radius 1 is 1.63 bits per heavy atom. The van der Waals surface area contributed by atoms with Crippen LogP contribution in [-0.2, 0) is 23.1 Å². The third-order valence-electron chi connectivity index (χ3n) is 3.47. The summed E-state index contributed by atoms with van der Waals surface area (Å²) in [5.74, 6) is 0.0577. The first kappa shape index (κ1) is 14.0. The van der Waals surface area contributed by atoms with Gasteiger partial charge in [0.2, 0.25) is 0 Å². The molecule has 6 nitrogen and oxygen atoms in total. The van der Waals surface area contributed by atoms with Gasteiger partial charge in [-0.15, -0.1) is 0 Å². The number of carbonyl (C=O) groups is 1. The maximum atomic E-state index is 12.4. The molecule has 0 radical (unpaired) electrons. The highest BCUT2D eigenvalue weighted by Crippen LogP contribution is 2.21. The Bertz CT molecular complexity index is 432. The Morgan fingerprint density at radius 2 is 2.42 bits per heavy atom. The molecule has 2 heterocycles. The molecule has 1 aromatic heterocycles. The molecule has 0 bridgehead atoms. The molecule has 0 aliphatic carbocycles. The molecule has 0 aromatic carbocycles. The first-order valence-corrected chi connectivity index (χ1v) is 6.75. The Labute approximate surface area is 113 Å². The zero-order valence-corrected chi connectivity index (χ0v) is 11.6. The average molecular weight is 266 g/mol. The maximum absolute atomic E-state index is 12.4. The van der Waals surface area contributed by atoms with Crippen molar-refractivity contribution in [1.82, 2.24) is 14.7 Å². The summed E-state index contributed by atoms with van der Waals surface area (Å²) in [6.07, 6.45) is 5.06. The summed E-state index contributed by atoms with van der Waals surface area (Å²) in [5.41, 5.74) is 6.60. The first-order chi connectivity index (χ1) is 9.13. The van der Waals surface area contributed by atoms with E-state index in [0.717, 1.165) is 18.4 Å². The van der Waals surface area contributed by atoms with Crippen LogP contribution in [0.4, 0.5) is 0 Å². The van der Waals surface area contributed by atoms with Crippen molar-refractivity contribution in [3.8, 4) is 0 Å². The Kier molecular flexibility index (Phi) is 4.55. The molecule has 1 aliphatic rings. The second-order valence-corrected chi connectivity index (χ2v) is 4.93. The lowest BCUT2D eigenvalue weighted by atomic mass is 10.1. The van der Waals surface area contributed by atoms with E-state index in [1.807, 2.05) is 20.2 Å². The third kappa shape index (κ3) is 3.33. The van der Waals surface area contributed by atoms with E-state index in [9.17, 15) is 4.79 Å². The molecule has 2 N–H and O–H groups in total. The van der Waals surface area contributed by atoms with E-state index >= 15 is 0 Å². The number of hydrogen-bond acceptors (Lipinski definition) is 4. The van der Waals surface area contributed by atoms with Gasteiger partial charge in [0.05, 0.1) is 12.3 Å². The van der Waals surface area contributed by atoms with Crippen LogP contribution in [0, 0.1) is 0 Å². The standard InChI is InChI=1S/C13H22N4O2/c1-3-17(9-10-7-15-16(2)8-10)13(18)12-5-4-11(6-14)19-12/h7-8,11-12H,3-6,9,14H2,1-2H3/t11-,12+/m1/s1. The van der Waals surface area contributed by atoms with Crippen molar-refractivity contribution < 1.29 is 9.53 Å². The molecule has 1 amide bonds. The van der Waals surface area contributed by atoms with Gasteiger partial charge in [-0.3, -0.25) is 9.48 Å². The minimum Gasteiger partial charge on any atom is -0.364 e. The molecule has 1 fully saturated rings. The van der Waals surface area contributed by atoms with Gasteiger partial charge in [-0.2, -0.15) is 5.10 Å². The summed E-state index contributed by atoms with van der Waals surface area (Å²) in [4.78, 5) is 14.2. The van der Waals surface area contributed by atoms with Crippen molar-refractivity contribution in [2.24, 2.45) is 12.8 Å². The first-order valence-electron chi connectivity index (χ1n) is 6.75. The van der Waals surface area contributed by atoms with Crippen LogP contribution in [0.25, 0.3) is 0 Å². The van der Waals surface area contributed by atoms with Gasteiger partial charge in [-0.1, -0.05) is 0 Å². The quantitative estimate of drug-likeness (QED) is 0.830. The minimum atomic E-state index is -0.329. The predicted molar refractivity (Wildman–Crippen MR) is 71.2 cm³/mol. The molecule has 2 atom stereocenters. The molecule has 0 unspecified atom stereocenters. The topological polar surface area (TPSA) is 73.4 Å². The number of amides is 1. The van der Waals surface area contributed by atoms with Crippen LogP contribution in [-0.4, -0.2) is 45.9 Å². The number of carbonyl (C=O) groups excluding carboxylic acids is 1. The summed E-state index contributed by atoms with van der Waals surface area (Å²) in [7, 11) is 1.87. The van der Waals surface area contributed by atoms with E-state index in [-0.39, 0.29) is 18.1 Å². The fourth-order valence-electron chi connectivity index (χ4n) is 2.38. The van der Waals surface area contributed by atoms with Crippen LogP contribution >= 0.6 is 0 Å².